The highest BCUT2D eigenvalue weighted by molar-refractivity contribution is 5.98. The maximum absolute atomic E-state index is 14.0. The molecule has 1 nitrogen and oxygen atoms in total. The highest BCUT2D eigenvalue weighted by atomic mass is 19.3. The Hall–Kier alpha value is -2.10. The monoisotopic (exact) mass is 264 g/mol. The van der Waals surface area contributed by atoms with E-state index in [4.69, 9.17) is 0 Å². The number of carbonyl (C=O) groups is 1. The lowest BCUT2D eigenvalue weighted by Crippen LogP contribution is -2.13. The number of halogens is 3. The Kier molecular flexibility index (Phi) is 4.00. The summed E-state index contributed by atoms with van der Waals surface area (Å²) in [5.74, 6) is -2.34. The number of Topliss-reactive ketones (excluding diaryl/α,β-unsaturated/α-hetero) is 1. The molecular formula is C15H11F3O. The quantitative estimate of drug-likeness (QED) is 0.766. The second kappa shape index (κ2) is 5.69. The molecule has 0 radical (unpaired) electrons. The predicted octanol–water partition coefficient (Wildman–Crippen LogP) is 3.86. The molecule has 0 fully saturated rings. The molecule has 0 aliphatic heterocycles. The largest absolute Gasteiger partial charge is 0.300 e. The van der Waals surface area contributed by atoms with Crippen LogP contribution in [-0.4, -0.2) is 12.2 Å². The molecule has 0 spiro atoms. The topological polar surface area (TPSA) is 17.1 Å². The fourth-order valence-electron chi connectivity index (χ4n) is 1.84. The van der Waals surface area contributed by atoms with E-state index in [1.165, 1.54) is 12.1 Å². The van der Waals surface area contributed by atoms with Crippen molar-refractivity contribution < 1.29 is 18.0 Å². The van der Waals surface area contributed by atoms with Crippen LogP contribution in [0.1, 0.15) is 21.5 Å². The Balaban J connectivity index is 2.33. The number of alkyl halides is 2. The van der Waals surface area contributed by atoms with E-state index in [9.17, 15) is 18.0 Å². The molecule has 2 aromatic rings. The van der Waals surface area contributed by atoms with Gasteiger partial charge in [0.2, 0.25) is 5.78 Å². The highest BCUT2D eigenvalue weighted by Gasteiger charge is 2.22. The van der Waals surface area contributed by atoms with Gasteiger partial charge in [0.1, 0.15) is 5.82 Å². The van der Waals surface area contributed by atoms with E-state index in [0.717, 1.165) is 11.6 Å². The van der Waals surface area contributed by atoms with Crippen molar-refractivity contribution in [1.82, 2.24) is 0 Å². The molecule has 19 heavy (non-hydrogen) atoms. The number of hydrogen-bond donors (Lipinski definition) is 0. The first-order chi connectivity index (χ1) is 9.09. The average Bonchev–Trinajstić information content (AvgIpc) is 2.41. The first-order valence-corrected chi connectivity index (χ1v) is 5.73. The van der Waals surface area contributed by atoms with Crippen LogP contribution < -0.4 is 0 Å². The molecule has 0 saturated carbocycles. The number of hydrogen-bond acceptors (Lipinski definition) is 1. The zero-order valence-electron chi connectivity index (χ0n) is 9.95. The summed E-state index contributed by atoms with van der Waals surface area (Å²) in [6.45, 7) is 0. The molecule has 4 heteroatoms. The van der Waals surface area contributed by atoms with Crippen molar-refractivity contribution in [2.75, 3.05) is 0 Å². The van der Waals surface area contributed by atoms with Gasteiger partial charge in [0.15, 0.2) is 0 Å². The molecule has 0 bridgehead atoms. The maximum Gasteiger partial charge on any atom is 0.300 e. The van der Waals surface area contributed by atoms with Gasteiger partial charge in [-0.3, -0.25) is 4.79 Å². The second-order valence-corrected chi connectivity index (χ2v) is 4.11. The van der Waals surface area contributed by atoms with Gasteiger partial charge in [-0.05, 0) is 17.2 Å². The van der Waals surface area contributed by atoms with Gasteiger partial charge < -0.3 is 0 Å². The Morgan fingerprint density at radius 2 is 1.68 bits per heavy atom. The van der Waals surface area contributed by atoms with E-state index in [1.807, 2.05) is 6.07 Å². The van der Waals surface area contributed by atoms with Gasteiger partial charge in [0.05, 0.1) is 5.56 Å². The average molecular weight is 264 g/mol. The Morgan fingerprint density at radius 3 is 2.32 bits per heavy atom. The normalized spacial score (nSPS) is 10.7. The van der Waals surface area contributed by atoms with Crippen LogP contribution in [0.4, 0.5) is 13.2 Å². The number of ketones is 1. The van der Waals surface area contributed by atoms with Gasteiger partial charge in [-0.2, -0.15) is 0 Å². The predicted molar refractivity (Wildman–Crippen MR) is 66.0 cm³/mol. The van der Waals surface area contributed by atoms with Crippen LogP contribution in [0, 0.1) is 5.82 Å². The van der Waals surface area contributed by atoms with E-state index >= 15 is 0 Å². The number of rotatable bonds is 4. The Morgan fingerprint density at radius 1 is 1.00 bits per heavy atom. The fraction of sp³-hybridized carbons (Fsp3) is 0.133. The molecule has 0 saturated heterocycles. The van der Waals surface area contributed by atoms with Crippen LogP contribution in [-0.2, 0) is 6.42 Å². The minimum Gasteiger partial charge on any atom is -0.288 e. The van der Waals surface area contributed by atoms with Gasteiger partial charge in [0.25, 0.3) is 0 Å². The first kappa shape index (κ1) is 13.3. The van der Waals surface area contributed by atoms with Crippen molar-refractivity contribution in [3.05, 3.63) is 71.0 Å². The van der Waals surface area contributed by atoms with E-state index in [1.54, 1.807) is 24.3 Å². The lowest BCUT2D eigenvalue weighted by Gasteiger charge is -2.07. The molecule has 2 aromatic carbocycles. The number of benzene rings is 2. The molecular weight excluding hydrogens is 253 g/mol. The summed E-state index contributed by atoms with van der Waals surface area (Å²) in [7, 11) is 0. The summed E-state index contributed by atoms with van der Waals surface area (Å²) < 4.78 is 38.7. The van der Waals surface area contributed by atoms with Gasteiger partial charge >= 0.3 is 6.43 Å². The molecule has 0 amide bonds. The summed E-state index contributed by atoms with van der Waals surface area (Å²) in [4.78, 5) is 11.2. The first-order valence-electron chi connectivity index (χ1n) is 5.73. The van der Waals surface area contributed by atoms with E-state index in [-0.39, 0.29) is 12.0 Å². The molecule has 0 heterocycles. The lowest BCUT2D eigenvalue weighted by atomic mass is 10.0. The fourth-order valence-corrected chi connectivity index (χ4v) is 1.84. The van der Waals surface area contributed by atoms with Crippen molar-refractivity contribution in [2.45, 2.75) is 12.8 Å². The molecule has 0 aliphatic rings. The molecule has 0 aliphatic carbocycles. The minimum atomic E-state index is -3.19. The lowest BCUT2D eigenvalue weighted by molar-refractivity contribution is 0.0674. The van der Waals surface area contributed by atoms with Crippen LogP contribution >= 0.6 is 0 Å². The van der Waals surface area contributed by atoms with Gasteiger partial charge in [-0.15, -0.1) is 0 Å². The third-order valence-electron chi connectivity index (χ3n) is 2.78. The third-order valence-corrected chi connectivity index (χ3v) is 2.78. The van der Waals surface area contributed by atoms with Crippen LogP contribution in [0.5, 0.6) is 0 Å². The van der Waals surface area contributed by atoms with Crippen LogP contribution in [0.25, 0.3) is 0 Å². The van der Waals surface area contributed by atoms with E-state index in [0.29, 0.717) is 0 Å². The summed E-state index contributed by atoms with van der Waals surface area (Å²) in [6, 6.07) is 13.0. The highest BCUT2D eigenvalue weighted by Crippen LogP contribution is 2.19. The van der Waals surface area contributed by atoms with Gasteiger partial charge in [-0.25, -0.2) is 13.2 Å². The van der Waals surface area contributed by atoms with Crippen molar-refractivity contribution in [3.63, 3.8) is 0 Å². The summed E-state index contributed by atoms with van der Waals surface area (Å²) in [5, 5.41) is 0. The summed E-state index contributed by atoms with van der Waals surface area (Å²) in [5.41, 5.74) is 0.532. The van der Waals surface area contributed by atoms with Crippen LogP contribution in [0.15, 0.2) is 48.5 Å². The molecule has 2 rings (SSSR count). The Labute approximate surface area is 108 Å². The van der Waals surface area contributed by atoms with Crippen molar-refractivity contribution in [1.29, 1.82) is 0 Å². The van der Waals surface area contributed by atoms with E-state index < -0.39 is 23.6 Å². The molecule has 98 valence electrons. The van der Waals surface area contributed by atoms with Crippen LogP contribution in [0.2, 0.25) is 0 Å². The SMILES string of the molecule is O=C(c1cccc(Cc2ccccc2)c1F)C(F)F. The molecule has 0 aromatic heterocycles. The smallest absolute Gasteiger partial charge is 0.288 e. The maximum atomic E-state index is 14.0. The molecule has 0 atom stereocenters. The second-order valence-electron chi connectivity index (χ2n) is 4.11. The van der Waals surface area contributed by atoms with Crippen LogP contribution in [0.3, 0.4) is 0 Å². The van der Waals surface area contributed by atoms with Crippen molar-refractivity contribution in [3.8, 4) is 0 Å². The zero-order chi connectivity index (χ0) is 13.8. The van der Waals surface area contributed by atoms with Crippen molar-refractivity contribution >= 4 is 5.78 Å². The van der Waals surface area contributed by atoms with E-state index in [2.05, 4.69) is 0 Å². The standard InChI is InChI=1S/C15H11F3O/c16-13-11(9-10-5-2-1-3-6-10)7-4-8-12(13)14(19)15(17)18/h1-8,15H,9H2. The Bertz CT molecular complexity index is 579. The molecule has 0 unspecified atom stereocenters. The van der Waals surface area contributed by atoms with Gasteiger partial charge in [0, 0.05) is 6.42 Å². The third kappa shape index (κ3) is 3.02. The number of carbonyl (C=O) groups excluding carboxylic acids is 1. The van der Waals surface area contributed by atoms with Gasteiger partial charge in [-0.1, -0.05) is 42.5 Å². The summed E-state index contributed by atoms with van der Waals surface area (Å²) >= 11 is 0. The molecule has 0 N–H and O–H groups in total. The zero-order valence-corrected chi connectivity index (χ0v) is 9.95. The minimum absolute atomic E-state index is 0.234. The van der Waals surface area contributed by atoms with Crippen molar-refractivity contribution in [2.24, 2.45) is 0 Å². The summed E-state index contributed by atoms with van der Waals surface area (Å²) in [6.07, 6.45) is -2.93.